The molecule has 1 radical (unpaired) electrons. The SMILES string of the molecule is OB(O)O.[Gd].[H-].[H-].[Sc].[Sr+2]. The van der Waals surface area contributed by atoms with Crippen LogP contribution in [-0.2, 0) is 25.8 Å². The zero-order valence-electron chi connectivity index (χ0n) is 5.56. The van der Waals surface area contributed by atoms with E-state index in [1.807, 2.05) is 0 Å². The van der Waals surface area contributed by atoms with E-state index in [1.54, 1.807) is 0 Å². The van der Waals surface area contributed by atoms with Gasteiger partial charge in [-0.2, -0.15) is 0 Å². The summed E-state index contributed by atoms with van der Waals surface area (Å²) in [7, 11) is -2.17. The van der Waals surface area contributed by atoms with Gasteiger partial charge in [-0.1, -0.05) is 0 Å². The Kier molecular flexibility index (Phi) is 52.3. The molecule has 0 fully saturated rings. The molecule has 0 unspecified atom stereocenters. The Labute approximate surface area is 133 Å². The van der Waals surface area contributed by atoms with Crippen molar-refractivity contribution in [2.24, 2.45) is 0 Å². The van der Waals surface area contributed by atoms with Crippen LogP contribution in [0.15, 0.2) is 0 Å². The summed E-state index contributed by atoms with van der Waals surface area (Å²) in [6, 6.07) is 0. The predicted octanol–water partition coefficient (Wildman–Crippen LogP) is -2.21. The van der Waals surface area contributed by atoms with E-state index < -0.39 is 7.32 Å². The summed E-state index contributed by atoms with van der Waals surface area (Å²) < 4.78 is 0. The van der Waals surface area contributed by atoms with E-state index in [1.165, 1.54) is 0 Å². The fraction of sp³-hybridized carbons (Fsp3) is 0. The molecule has 0 bridgehead atoms. The van der Waals surface area contributed by atoms with Gasteiger partial charge < -0.3 is 17.9 Å². The van der Waals surface area contributed by atoms with Crippen LogP contribution in [0.5, 0.6) is 0 Å². The van der Waals surface area contributed by atoms with E-state index in [9.17, 15) is 0 Å². The Bertz CT molecular complexity index is 26.5. The fourth-order valence-electron chi connectivity index (χ4n) is 0. The summed E-state index contributed by atoms with van der Waals surface area (Å²) in [6.45, 7) is 0. The van der Waals surface area contributed by atoms with Crippen molar-refractivity contribution in [2.75, 3.05) is 0 Å². The van der Waals surface area contributed by atoms with Gasteiger partial charge in [-0.3, -0.25) is 0 Å². The maximum atomic E-state index is 7.17. The van der Waals surface area contributed by atoms with Gasteiger partial charge in [0.15, 0.2) is 0 Å². The first kappa shape index (κ1) is 22.4. The molecule has 0 atom stereocenters. The van der Waals surface area contributed by atoms with Crippen LogP contribution in [0.4, 0.5) is 0 Å². The zero-order valence-corrected chi connectivity index (χ0v) is 11.1. The average Bonchev–Trinajstić information content (AvgIpc) is 0.811. The third kappa shape index (κ3) is 42.6. The topological polar surface area (TPSA) is 60.7 Å². The van der Waals surface area contributed by atoms with Crippen LogP contribution in [-0.4, -0.2) is 67.9 Å². The predicted molar refractivity (Wildman–Crippen MR) is 20.4 cm³/mol. The van der Waals surface area contributed by atoms with Crippen molar-refractivity contribution in [1.82, 2.24) is 0 Å². The smallest absolute Gasteiger partial charge is 1.00 e. The van der Waals surface area contributed by atoms with Crippen LogP contribution >= 0.6 is 0 Å². The van der Waals surface area contributed by atoms with Gasteiger partial charge in [0, 0.05) is 65.8 Å². The number of hydrogen-bond donors (Lipinski definition) is 3. The van der Waals surface area contributed by atoms with Gasteiger partial charge in [-0.25, -0.2) is 0 Å². The van der Waals surface area contributed by atoms with E-state index in [4.69, 9.17) is 15.1 Å². The Balaban J connectivity index is -0.00000000450. The van der Waals surface area contributed by atoms with Gasteiger partial charge in [0.2, 0.25) is 0 Å². The molecule has 0 saturated carbocycles. The van der Waals surface area contributed by atoms with Gasteiger partial charge in [0.1, 0.15) is 0 Å². The minimum Gasteiger partial charge on any atom is -1.00 e. The van der Waals surface area contributed by atoms with Crippen molar-refractivity contribution in [3.8, 4) is 0 Å². The second-order valence-electron chi connectivity index (χ2n) is 0.346. The minimum absolute atomic E-state index is 0. The Morgan fingerprint density at radius 2 is 1.14 bits per heavy atom. The van der Waals surface area contributed by atoms with Crippen LogP contribution in [0.2, 0.25) is 0 Å². The van der Waals surface area contributed by atoms with Gasteiger partial charge in [-0.15, -0.1) is 0 Å². The molecular weight excluding hydrogens is 349 g/mol. The van der Waals surface area contributed by atoms with Crippen molar-refractivity contribution in [1.29, 1.82) is 0 Å². The number of hydrogen-bond acceptors (Lipinski definition) is 3. The van der Waals surface area contributed by atoms with Crippen LogP contribution in [0, 0.1) is 39.9 Å². The standard InChI is InChI=1S/BH3O3.Gd.Sc.Sr.2H/c2-1(3)4;;;;;/h2-4H;;;;;/q;;;+2;2*-1. The molecule has 0 saturated heterocycles. The first-order valence-electron chi connectivity index (χ1n) is 0.775. The third-order valence-corrected chi connectivity index (χ3v) is 0. The second kappa shape index (κ2) is 16.3. The van der Waals surface area contributed by atoms with E-state index in [0.29, 0.717) is 0 Å². The maximum Gasteiger partial charge on any atom is 2.00 e. The molecule has 3 nitrogen and oxygen atoms in total. The molecular formula is H5BGdO3ScSr. The molecule has 0 aliphatic heterocycles. The zero-order chi connectivity index (χ0) is 3.58. The first-order chi connectivity index (χ1) is 1.73. The van der Waals surface area contributed by atoms with Gasteiger partial charge in [-0.05, 0) is 0 Å². The Morgan fingerprint density at radius 1 is 1.14 bits per heavy atom. The van der Waals surface area contributed by atoms with E-state index in [2.05, 4.69) is 0 Å². The maximum absolute atomic E-state index is 7.17. The molecule has 0 heterocycles. The summed E-state index contributed by atoms with van der Waals surface area (Å²) in [5, 5.41) is 21.5. The van der Waals surface area contributed by atoms with Crippen molar-refractivity contribution in [3.63, 3.8) is 0 Å². The number of rotatable bonds is 0. The first-order valence-corrected chi connectivity index (χ1v) is 0.775. The van der Waals surface area contributed by atoms with Crippen molar-refractivity contribution in [3.05, 3.63) is 0 Å². The normalized spacial score (nSPS) is 3.86. The molecule has 0 rings (SSSR count). The van der Waals surface area contributed by atoms with E-state index in [0.717, 1.165) is 0 Å². The van der Waals surface area contributed by atoms with Crippen LogP contribution in [0.25, 0.3) is 0 Å². The van der Waals surface area contributed by atoms with Crippen LogP contribution in [0.1, 0.15) is 2.85 Å². The van der Waals surface area contributed by atoms with Crippen molar-refractivity contribution in [2.45, 2.75) is 0 Å². The molecule has 0 aromatic carbocycles. The summed E-state index contributed by atoms with van der Waals surface area (Å²) in [5.41, 5.74) is 0. The molecule has 0 spiro atoms. The van der Waals surface area contributed by atoms with Crippen LogP contribution < -0.4 is 0 Å². The monoisotopic (exact) mass is 355 g/mol. The molecule has 0 aliphatic carbocycles. The summed E-state index contributed by atoms with van der Waals surface area (Å²) in [6.07, 6.45) is 0. The molecule has 0 aromatic rings. The van der Waals surface area contributed by atoms with Gasteiger partial charge in [0.05, 0.1) is 0 Å². The quantitative estimate of drug-likeness (QED) is 0.433. The second-order valence-corrected chi connectivity index (χ2v) is 0.346. The molecule has 3 N–H and O–H groups in total. The fourth-order valence-corrected chi connectivity index (χ4v) is 0. The minimum atomic E-state index is -2.17. The third-order valence-electron chi connectivity index (χ3n) is 0. The molecule has 0 amide bonds. The van der Waals surface area contributed by atoms with Gasteiger partial charge in [0.25, 0.3) is 0 Å². The van der Waals surface area contributed by atoms with Gasteiger partial charge >= 0.3 is 52.8 Å². The van der Waals surface area contributed by atoms with E-state index >= 15 is 0 Å². The molecule has 7 heavy (non-hydrogen) atoms. The molecule has 0 aromatic heterocycles. The largest absolute Gasteiger partial charge is 2.00 e. The summed E-state index contributed by atoms with van der Waals surface area (Å²) >= 11 is 0. The summed E-state index contributed by atoms with van der Waals surface area (Å²) in [5.74, 6) is 0. The van der Waals surface area contributed by atoms with Crippen molar-refractivity contribution >= 4 is 52.8 Å². The van der Waals surface area contributed by atoms with Crippen molar-refractivity contribution < 1.29 is 83.7 Å². The molecule has 39 valence electrons. The Hall–Kier alpha value is 3.62. The van der Waals surface area contributed by atoms with E-state index in [-0.39, 0.29) is 114 Å². The molecule has 7 heteroatoms. The average molecular weight is 354 g/mol. The summed E-state index contributed by atoms with van der Waals surface area (Å²) in [4.78, 5) is 0. The molecule has 0 aliphatic rings. The van der Waals surface area contributed by atoms with Crippen LogP contribution in [0.3, 0.4) is 0 Å². The Morgan fingerprint density at radius 3 is 1.14 bits per heavy atom.